The smallest absolute Gasteiger partial charge is 0.324 e. The van der Waals surface area contributed by atoms with Gasteiger partial charge in [-0.1, -0.05) is 27.2 Å². The fraction of sp³-hybridized carbons (Fsp3) is 0.933. The minimum Gasteiger partial charge on any atom is -0.465 e. The molecule has 19 heavy (non-hydrogen) atoms. The maximum absolute atomic E-state index is 12.0. The molecule has 1 heterocycles. The number of carbonyl (C=O) groups excluding carboxylic acids is 1. The van der Waals surface area contributed by atoms with Crippen molar-refractivity contribution in [2.45, 2.75) is 71.5 Å². The van der Waals surface area contributed by atoms with E-state index in [9.17, 15) is 4.79 Å². The van der Waals surface area contributed by atoms with Gasteiger partial charge in [-0.3, -0.25) is 9.69 Å². The van der Waals surface area contributed by atoms with Crippen molar-refractivity contribution in [1.29, 1.82) is 0 Å². The Balaban J connectivity index is 2.61. The van der Waals surface area contributed by atoms with E-state index in [4.69, 9.17) is 4.74 Å². The summed E-state index contributed by atoms with van der Waals surface area (Å²) >= 11 is 0. The standard InChI is InChI=1S/C15H30N2O2/c1-5-13-9-7-8-10-17(13)11-14(16-12(3)4)15(18)19-6-2/h12-14,16H,5-11H2,1-4H3. The van der Waals surface area contributed by atoms with Crippen molar-refractivity contribution >= 4 is 5.97 Å². The Morgan fingerprint density at radius 2 is 2.11 bits per heavy atom. The summed E-state index contributed by atoms with van der Waals surface area (Å²) in [5.41, 5.74) is 0. The molecule has 0 aliphatic carbocycles. The summed E-state index contributed by atoms with van der Waals surface area (Å²) in [7, 11) is 0. The van der Waals surface area contributed by atoms with Crippen LogP contribution in [0, 0.1) is 0 Å². The van der Waals surface area contributed by atoms with E-state index < -0.39 is 0 Å². The van der Waals surface area contributed by atoms with Gasteiger partial charge in [-0.2, -0.15) is 0 Å². The summed E-state index contributed by atoms with van der Waals surface area (Å²) < 4.78 is 5.19. The first-order valence-electron chi connectivity index (χ1n) is 7.75. The average molecular weight is 270 g/mol. The largest absolute Gasteiger partial charge is 0.465 e. The van der Waals surface area contributed by atoms with Crippen molar-refractivity contribution in [3.63, 3.8) is 0 Å². The predicted octanol–water partition coefficient (Wildman–Crippen LogP) is 2.18. The van der Waals surface area contributed by atoms with Crippen molar-refractivity contribution in [1.82, 2.24) is 10.2 Å². The van der Waals surface area contributed by atoms with Crippen molar-refractivity contribution in [2.75, 3.05) is 19.7 Å². The Hall–Kier alpha value is -0.610. The molecule has 2 unspecified atom stereocenters. The van der Waals surface area contributed by atoms with E-state index in [1.54, 1.807) is 0 Å². The lowest BCUT2D eigenvalue weighted by Gasteiger charge is -2.37. The number of rotatable bonds is 7. The van der Waals surface area contributed by atoms with E-state index in [0.29, 0.717) is 18.7 Å². The topological polar surface area (TPSA) is 41.6 Å². The molecule has 0 aromatic heterocycles. The van der Waals surface area contributed by atoms with Crippen LogP contribution in [0.5, 0.6) is 0 Å². The zero-order valence-electron chi connectivity index (χ0n) is 12.9. The molecule has 1 aliphatic heterocycles. The predicted molar refractivity (Wildman–Crippen MR) is 78.2 cm³/mol. The normalized spacial score (nSPS) is 22.5. The maximum atomic E-state index is 12.0. The van der Waals surface area contributed by atoms with Gasteiger partial charge >= 0.3 is 5.97 Å². The molecule has 0 radical (unpaired) electrons. The van der Waals surface area contributed by atoms with Crippen LogP contribution in [0.15, 0.2) is 0 Å². The number of esters is 1. The fourth-order valence-electron chi connectivity index (χ4n) is 2.84. The number of nitrogens with zero attached hydrogens (tertiary/aromatic N) is 1. The summed E-state index contributed by atoms with van der Waals surface area (Å²) in [5.74, 6) is -0.114. The van der Waals surface area contributed by atoms with Crippen LogP contribution in [0.25, 0.3) is 0 Å². The molecule has 112 valence electrons. The number of carbonyl (C=O) groups is 1. The van der Waals surface area contributed by atoms with Gasteiger partial charge in [0, 0.05) is 18.6 Å². The highest BCUT2D eigenvalue weighted by Crippen LogP contribution is 2.19. The van der Waals surface area contributed by atoms with Gasteiger partial charge in [0.05, 0.1) is 6.61 Å². The molecule has 2 atom stereocenters. The van der Waals surface area contributed by atoms with Gasteiger partial charge < -0.3 is 10.1 Å². The molecule has 0 saturated carbocycles. The van der Waals surface area contributed by atoms with Gasteiger partial charge in [0.15, 0.2) is 0 Å². The maximum Gasteiger partial charge on any atom is 0.324 e. The lowest BCUT2D eigenvalue weighted by Crippen LogP contribution is -2.52. The molecular weight excluding hydrogens is 240 g/mol. The number of piperidine rings is 1. The zero-order valence-corrected chi connectivity index (χ0v) is 12.9. The quantitative estimate of drug-likeness (QED) is 0.720. The molecule has 4 nitrogen and oxygen atoms in total. The Morgan fingerprint density at radius 1 is 1.37 bits per heavy atom. The number of nitrogens with one attached hydrogen (secondary N) is 1. The first-order chi connectivity index (χ1) is 9.08. The summed E-state index contributed by atoms with van der Waals surface area (Å²) in [5, 5.41) is 3.34. The van der Waals surface area contributed by atoms with Gasteiger partial charge in [0.25, 0.3) is 0 Å². The van der Waals surface area contributed by atoms with Crippen LogP contribution in [0.4, 0.5) is 0 Å². The lowest BCUT2D eigenvalue weighted by atomic mass is 9.99. The van der Waals surface area contributed by atoms with Gasteiger partial charge in [0.2, 0.25) is 0 Å². The molecule has 0 aromatic carbocycles. The SMILES string of the molecule is CCOC(=O)C(CN1CCCCC1CC)NC(C)C. The summed E-state index contributed by atoms with van der Waals surface area (Å²) in [6.45, 7) is 10.6. The Bertz CT molecular complexity index is 269. The second-order valence-corrected chi connectivity index (χ2v) is 5.68. The Labute approximate surface area is 117 Å². The van der Waals surface area contributed by atoms with E-state index in [1.807, 2.05) is 6.92 Å². The van der Waals surface area contributed by atoms with E-state index in [0.717, 1.165) is 19.5 Å². The van der Waals surface area contributed by atoms with Gasteiger partial charge in [-0.25, -0.2) is 0 Å². The monoisotopic (exact) mass is 270 g/mol. The second kappa shape index (κ2) is 8.54. The number of hydrogen-bond acceptors (Lipinski definition) is 4. The van der Waals surface area contributed by atoms with Crippen LogP contribution in [-0.4, -0.2) is 48.7 Å². The van der Waals surface area contributed by atoms with E-state index in [-0.39, 0.29) is 12.0 Å². The van der Waals surface area contributed by atoms with Gasteiger partial charge in [-0.15, -0.1) is 0 Å². The van der Waals surface area contributed by atoms with Crippen LogP contribution in [0.1, 0.15) is 53.4 Å². The molecule has 1 saturated heterocycles. The third-order valence-electron chi connectivity index (χ3n) is 3.74. The molecule has 1 N–H and O–H groups in total. The van der Waals surface area contributed by atoms with Crippen LogP contribution >= 0.6 is 0 Å². The van der Waals surface area contributed by atoms with Crippen LogP contribution in [-0.2, 0) is 9.53 Å². The summed E-state index contributed by atoms with van der Waals surface area (Å²) in [6, 6.07) is 0.714. The van der Waals surface area contributed by atoms with E-state index >= 15 is 0 Å². The second-order valence-electron chi connectivity index (χ2n) is 5.68. The molecule has 0 bridgehead atoms. The van der Waals surface area contributed by atoms with E-state index in [1.165, 1.54) is 19.3 Å². The number of hydrogen-bond donors (Lipinski definition) is 1. The zero-order chi connectivity index (χ0) is 14.3. The molecule has 0 amide bonds. The van der Waals surface area contributed by atoms with Crippen molar-refractivity contribution in [2.24, 2.45) is 0 Å². The molecule has 0 spiro atoms. The number of likely N-dealkylation sites (tertiary alicyclic amines) is 1. The first-order valence-corrected chi connectivity index (χ1v) is 7.75. The average Bonchev–Trinajstić information content (AvgIpc) is 2.38. The highest BCUT2D eigenvalue weighted by molar-refractivity contribution is 5.76. The third-order valence-corrected chi connectivity index (χ3v) is 3.74. The first kappa shape index (κ1) is 16.4. The molecular formula is C15H30N2O2. The van der Waals surface area contributed by atoms with Crippen molar-refractivity contribution in [3.8, 4) is 0 Å². The Kier molecular flexibility index (Phi) is 7.39. The summed E-state index contributed by atoms with van der Waals surface area (Å²) in [6.07, 6.45) is 4.98. The fourth-order valence-corrected chi connectivity index (χ4v) is 2.84. The van der Waals surface area contributed by atoms with Crippen LogP contribution < -0.4 is 5.32 Å². The lowest BCUT2D eigenvalue weighted by molar-refractivity contribution is -0.146. The highest BCUT2D eigenvalue weighted by atomic mass is 16.5. The molecule has 4 heteroatoms. The molecule has 1 fully saturated rings. The summed E-state index contributed by atoms with van der Waals surface area (Å²) in [4.78, 5) is 14.5. The van der Waals surface area contributed by atoms with Crippen LogP contribution in [0.2, 0.25) is 0 Å². The van der Waals surface area contributed by atoms with Gasteiger partial charge in [0.1, 0.15) is 6.04 Å². The van der Waals surface area contributed by atoms with Gasteiger partial charge in [-0.05, 0) is 32.7 Å². The molecule has 1 rings (SSSR count). The minimum absolute atomic E-state index is 0.114. The minimum atomic E-state index is -0.202. The highest BCUT2D eigenvalue weighted by Gasteiger charge is 2.28. The van der Waals surface area contributed by atoms with Crippen molar-refractivity contribution in [3.05, 3.63) is 0 Å². The molecule has 1 aliphatic rings. The van der Waals surface area contributed by atoms with E-state index in [2.05, 4.69) is 31.0 Å². The number of ether oxygens (including phenoxy) is 1. The third kappa shape index (κ3) is 5.49. The van der Waals surface area contributed by atoms with Crippen molar-refractivity contribution < 1.29 is 9.53 Å². The molecule has 0 aromatic rings. The van der Waals surface area contributed by atoms with Crippen LogP contribution in [0.3, 0.4) is 0 Å². The Morgan fingerprint density at radius 3 is 2.68 bits per heavy atom.